The monoisotopic (exact) mass is 341 g/mol. The lowest BCUT2D eigenvalue weighted by molar-refractivity contribution is -0.612. The SMILES string of the molecule is Cc1cc(-[n+]2ccccc2C)c(C)c(-[n+]2cc3ccccc3nc2C)c1. The van der Waals surface area contributed by atoms with Crippen molar-refractivity contribution < 1.29 is 9.13 Å². The average molecular weight is 341 g/mol. The molecule has 2 aromatic heterocycles. The highest BCUT2D eigenvalue weighted by Gasteiger charge is 2.22. The summed E-state index contributed by atoms with van der Waals surface area (Å²) in [7, 11) is 0. The highest BCUT2D eigenvalue weighted by Crippen LogP contribution is 2.19. The summed E-state index contributed by atoms with van der Waals surface area (Å²) in [5.74, 6) is 0.984. The number of pyridine rings is 1. The van der Waals surface area contributed by atoms with Crippen LogP contribution in [-0.4, -0.2) is 4.98 Å². The zero-order valence-corrected chi connectivity index (χ0v) is 15.7. The molecule has 3 heteroatoms. The maximum Gasteiger partial charge on any atom is 0.301 e. The molecule has 3 nitrogen and oxygen atoms in total. The predicted molar refractivity (Wildman–Crippen MR) is 104 cm³/mol. The van der Waals surface area contributed by atoms with Gasteiger partial charge in [0.15, 0.2) is 17.4 Å². The van der Waals surface area contributed by atoms with E-state index in [0.29, 0.717) is 0 Å². The molecule has 0 amide bonds. The van der Waals surface area contributed by atoms with Crippen molar-refractivity contribution in [1.82, 2.24) is 4.98 Å². The Morgan fingerprint density at radius 3 is 2.23 bits per heavy atom. The number of nitrogens with zero attached hydrogens (tertiary/aromatic N) is 3. The van der Waals surface area contributed by atoms with Crippen molar-refractivity contribution in [1.29, 1.82) is 0 Å². The second kappa shape index (κ2) is 6.34. The molecule has 4 rings (SSSR count). The van der Waals surface area contributed by atoms with Gasteiger partial charge in [0.25, 0.3) is 0 Å². The van der Waals surface area contributed by atoms with E-state index >= 15 is 0 Å². The molecule has 0 aliphatic carbocycles. The number of hydrogen-bond acceptors (Lipinski definition) is 1. The molecule has 2 heterocycles. The van der Waals surface area contributed by atoms with Crippen LogP contribution in [0.2, 0.25) is 0 Å². The topological polar surface area (TPSA) is 20.6 Å². The van der Waals surface area contributed by atoms with E-state index in [1.54, 1.807) is 0 Å². The molecular weight excluding hydrogens is 318 g/mol. The molecule has 128 valence electrons. The van der Waals surface area contributed by atoms with Gasteiger partial charge in [0, 0.05) is 32.0 Å². The zero-order chi connectivity index (χ0) is 18.3. The first-order valence-corrected chi connectivity index (χ1v) is 8.92. The molecule has 2 aromatic carbocycles. The summed E-state index contributed by atoms with van der Waals surface area (Å²) in [4.78, 5) is 4.80. The summed E-state index contributed by atoms with van der Waals surface area (Å²) in [5, 5.41) is 1.14. The van der Waals surface area contributed by atoms with E-state index in [1.807, 2.05) is 6.07 Å². The summed E-state index contributed by atoms with van der Waals surface area (Å²) in [6.45, 7) is 8.53. The second-order valence-corrected chi connectivity index (χ2v) is 6.86. The van der Waals surface area contributed by atoms with Crippen LogP contribution in [0.1, 0.15) is 22.6 Å². The molecule has 0 aliphatic rings. The standard InChI is InChI=1S/C23H23N3/c1-16-13-22(25-12-8-7-9-17(25)2)18(3)23(14-16)26-15-20-10-5-6-11-21(20)24-19(26)4/h5-15H,1-4H3/q+2. The van der Waals surface area contributed by atoms with Crippen molar-refractivity contribution in [2.45, 2.75) is 27.7 Å². The van der Waals surface area contributed by atoms with E-state index < -0.39 is 0 Å². The van der Waals surface area contributed by atoms with Crippen LogP contribution in [0, 0.1) is 27.7 Å². The lowest BCUT2D eigenvalue weighted by atomic mass is 10.1. The van der Waals surface area contributed by atoms with Gasteiger partial charge in [-0.3, -0.25) is 0 Å². The molecule has 0 radical (unpaired) electrons. The first-order valence-electron chi connectivity index (χ1n) is 8.92. The molecule has 0 aliphatic heterocycles. The fourth-order valence-electron chi connectivity index (χ4n) is 3.52. The smallest absolute Gasteiger partial charge is 0.199 e. The molecule has 0 bridgehead atoms. The second-order valence-electron chi connectivity index (χ2n) is 6.86. The number of rotatable bonds is 2. The van der Waals surface area contributed by atoms with Crippen LogP contribution in [0.4, 0.5) is 0 Å². The molecule has 0 atom stereocenters. The van der Waals surface area contributed by atoms with Crippen molar-refractivity contribution in [3.63, 3.8) is 0 Å². The average Bonchev–Trinajstić information content (AvgIpc) is 2.63. The minimum Gasteiger partial charge on any atom is -0.199 e. The van der Waals surface area contributed by atoms with E-state index in [4.69, 9.17) is 4.98 Å². The van der Waals surface area contributed by atoms with E-state index in [1.165, 1.54) is 28.2 Å². The van der Waals surface area contributed by atoms with Crippen LogP contribution in [0.25, 0.3) is 22.3 Å². The van der Waals surface area contributed by atoms with Crippen molar-refractivity contribution >= 4 is 10.9 Å². The predicted octanol–water partition coefficient (Wildman–Crippen LogP) is 4.02. The molecule has 26 heavy (non-hydrogen) atoms. The number of aromatic nitrogens is 3. The lowest BCUT2D eigenvalue weighted by Crippen LogP contribution is -2.39. The molecule has 0 saturated heterocycles. The Labute approximate surface area is 154 Å². The molecular formula is C23H23N3+2. The van der Waals surface area contributed by atoms with E-state index in [-0.39, 0.29) is 0 Å². The molecule has 0 spiro atoms. The van der Waals surface area contributed by atoms with Crippen LogP contribution in [0.15, 0.2) is 67.0 Å². The highest BCUT2D eigenvalue weighted by molar-refractivity contribution is 5.76. The van der Waals surface area contributed by atoms with Gasteiger partial charge in [0.2, 0.25) is 5.69 Å². The Morgan fingerprint density at radius 2 is 1.46 bits per heavy atom. The number of benzene rings is 2. The van der Waals surface area contributed by atoms with Gasteiger partial charge >= 0.3 is 5.82 Å². The Bertz CT molecular complexity index is 1130. The summed E-state index contributed by atoms with van der Waals surface area (Å²) in [6, 6.07) is 19.0. The van der Waals surface area contributed by atoms with Gasteiger partial charge < -0.3 is 0 Å². The first kappa shape index (κ1) is 16.4. The maximum atomic E-state index is 4.80. The van der Waals surface area contributed by atoms with Crippen molar-refractivity contribution in [2.24, 2.45) is 0 Å². The largest absolute Gasteiger partial charge is 0.301 e. The Morgan fingerprint density at radius 1 is 0.769 bits per heavy atom. The highest BCUT2D eigenvalue weighted by atomic mass is 15.1. The minimum absolute atomic E-state index is 0.984. The number of fused-ring (bicyclic) bond motifs is 1. The third-order valence-electron chi connectivity index (χ3n) is 4.92. The van der Waals surface area contributed by atoms with Gasteiger partial charge in [-0.2, -0.15) is 9.13 Å². The lowest BCUT2D eigenvalue weighted by Gasteiger charge is -2.10. The van der Waals surface area contributed by atoms with E-state index in [2.05, 4.69) is 97.8 Å². The van der Waals surface area contributed by atoms with E-state index in [0.717, 1.165) is 16.7 Å². The minimum atomic E-state index is 0.984. The number of aryl methyl sites for hydroxylation is 3. The Kier molecular flexibility index (Phi) is 4.00. The molecule has 4 aromatic rings. The molecule has 0 fully saturated rings. The Balaban J connectivity index is 1.99. The Hall–Kier alpha value is -3.07. The number of para-hydroxylation sites is 1. The van der Waals surface area contributed by atoms with Gasteiger partial charge in [-0.05, 0) is 42.6 Å². The third-order valence-corrected chi connectivity index (χ3v) is 4.92. The van der Waals surface area contributed by atoms with E-state index in [9.17, 15) is 0 Å². The van der Waals surface area contributed by atoms with Gasteiger partial charge in [0.1, 0.15) is 11.9 Å². The van der Waals surface area contributed by atoms with Crippen molar-refractivity contribution in [3.8, 4) is 11.4 Å². The fourth-order valence-corrected chi connectivity index (χ4v) is 3.52. The third kappa shape index (κ3) is 2.76. The fraction of sp³-hybridized carbons (Fsp3) is 0.174. The van der Waals surface area contributed by atoms with Crippen molar-refractivity contribution in [2.75, 3.05) is 0 Å². The maximum absolute atomic E-state index is 4.80. The van der Waals surface area contributed by atoms with Gasteiger partial charge in [-0.15, -0.1) is 0 Å². The van der Waals surface area contributed by atoms with Crippen LogP contribution in [0.3, 0.4) is 0 Å². The summed E-state index contributed by atoms with van der Waals surface area (Å²) >= 11 is 0. The normalized spacial score (nSPS) is 11.1. The zero-order valence-electron chi connectivity index (χ0n) is 15.7. The molecule has 0 N–H and O–H groups in total. The quantitative estimate of drug-likeness (QED) is 0.504. The van der Waals surface area contributed by atoms with Crippen LogP contribution in [0.5, 0.6) is 0 Å². The van der Waals surface area contributed by atoms with Crippen LogP contribution >= 0.6 is 0 Å². The summed E-state index contributed by atoms with van der Waals surface area (Å²) in [5.41, 5.74) is 7.09. The summed E-state index contributed by atoms with van der Waals surface area (Å²) < 4.78 is 4.45. The van der Waals surface area contributed by atoms with Gasteiger partial charge in [-0.1, -0.05) is 18.2 Å². The van der Waals surface area contributed by atoms with Crippen molar-refractivity contribution in [3.05, 3.63) is 89.6 Å². The summed E-state index contributed by atoms with van der Waals surface area (Å²) in [6.07, 6.45) is 4.31. The number of hydrogen-bond donors (Lipinski definition) is 0. The van der Waals surface area contributed by atoms with Crippen LogP contribution in [-0.2, 0) is 0 Å². The first-order chi connectivity index (χ1) is 12.5. The molecule has 0 saturated carbocycles. The van der Waals surface area contributed by atoms with Gasteiger partial charge in [0.05, 0.1) is 10.9 Å². The van der Waals surface area contributed by atoms with Gasteiger partial charge in [-0.25, -0.2) is 0 Å². The van der Waals surface area contributed by atoms with Crippen LogP contribution < -0.4 is 9.13 Å². The molecule has 0 unspecified atom stereocenters.